The Labute approximate surface area is 198 Å². The predicted octanol–water partition coefficient (Wildman–Crippen LogP) is 5.48. The predicted molar refractivity (Wildman–Crippen MR) is 127 cm³/mol. The van der Waals surface area contributed by atoms with Gasteiger partial charge in [0.25, 0.3) is 0 Å². The lowest BCUT2D eigenvalue weighted by molar-refractivity contribution is -0.137. The van der Waals surface area contributed by atoms with Gasteiger partial charge in [0, 0.05) is 42.3 Å². The molecule has 3 heterocycles. The van der Waals surface area contributed by atoms with Crippen LogP contribution in [0.15, 0.2) is 66.8 Å². The van der Waals surface area contributed by atoms with Crippen molar-refractivity contribution in [3.8, 4) is 17.3 Å². The number of pyridine rings is 1. The molecule has 2 N–H and O–H groups in total. The summed E-state index contributed by atoms with van der Waals surface area (Å²) in [5.74, 6) is 0.214. The van der Waals surface area contributed by atoms with Gasteiger partial charge in [0.2, 0.25) is 5.95 Å². The number of benzene rings is 1. The van der Waals surface area contributed by atoms with Crippen LogP contribution in [0.25, 0.3) is 22.3 Å². The number of aromatic amines is 1. The molecule has 1 aromatic carbocycles. The van der Waals surface area contributed by atoms with Gasteiger partial charge >= 0.3 is 6.18 Å². The number of hydrazone groups is 1. The number of hydrogen-bond acceptors (Lipinski definition) is 7. The summed E-state index contributed by atoms with van der Waals surface area (Å²) in [6, 6.07) is 10.6. The highest BCUT2D eigenvalue weighted by molar-refractivity contribution is 5.94. The van der Waals surface area contributed by atoms with E-state index in [0.717, 1.165) is 23.5 Å². The highest BCUT2D eigenvalue weighted by atomic mass is 19.4. The first kappa shape index (κ1) is 23.4. The SMILES string of the molecule is C=CN(/N=C\C)c1cccc(CNc2ncc(C#N)c(-c3c[nH]c4ncc(C(F)(F)F)cc34)n2)c1. The maximum atomic E-state index is 13.2. The highest BCUT2D eigenvalue weighted by Crippen LogP contribution is 2.34. The molecule has 3 aromatic heterocycles. The summed E-state index contributed by atoms with van der Waals surface area (Å²) in [4.78, 5) is 15.3. The number of nitriles is 1. The fraction of sp³-hybridized carbons (Fsp3) is 0.125. The fourth-order valence-electron chi connectivity index (χ4n) is 3.44. The van der Waals surface area contributed by atoms with Gasteiger partial charge in [-0.3, -0.25) is 0 Å². The van der Waals surface area contributed by atoms with Crippen LogP contribution in [0.4, 0.5) is 24.8 Å². The molecular weight excluding hydrogens is 457 g/mol. The zero-order valence-corrected chi connectivity index (χ0v) is 18.5. The van der Waals surface area contributed by atoms with Gasteiger partial charge in [-0.25, -0.2) is 20.0 Å². The minimum Gasteiger partial charge on any atom is -0.350 e. The quantitative estimate of drug-likeness (QED) is 0.270. The largest absolute Gasteiger partial charge is 0.417 e. The molecule has 176 valence electrons. The Morgan fingerprint density at radius 3 is 2.80 bits per heavy atom. The molecule has 8 nitrogen and oxygen atoms in total. The van der Waals surface area contributed by atoms with E-state index in [1.807, 2.05) is 30.3 Å². The van der Waals surface area contributed by atoms with E-state index in [1.165, 1.54) is 12.4 Å². The molecule has 11 heteroatoms. The topological polar surface area (TPSA) is 106 Å². The molecule has 4 rings (SSSR count). The number of H-pyrrole nitrogens is 1. The third kappa shape index (κ3) is 4.96. The number of alkyl halides is 3. The zero-order chi connectivity index (χ0) is 25.0. The van der Waals surface area contributed by atoms with E-state index in [9.17, 15) is 18.4 Å². The van der Waals surface area contributed by atoms with Crippen molar-refractivity contribution in [2.75, 3.05) is 10.3 Å². The van der Waals surface area contributed by atoms with Crippen molar-refractivity contribution in [1.82, 2.24) is 19.9 Å². The van der Waals surface area contributed by atoms with Gasteiger partial charge in [-0.05, 0) is 30.7 Å². The lowest BCUT2D eigenvalue weighted by Crippen LogP contribution is -2.08. The van der Waals surface area contributed by atoms with Crippen molar-refractivity contribution >= 4 is 28.9 Å². The molecule has 0 saturated carbocycles. The van der Waals surface area contributed by atoms with Crippen LogP contribution in [0.2, 0.25) is 0 Å². The summed E-state index contributed by atoms with van der Waals surface area (Å²) < 4.78 is 39.7. The van der Waals surface area contributed by atoms with Gasteiger partial charge in [-0.15, -0.1) is 0 Å². The number of halogens is 3. The van der Waals surface area contributed by atoms with Crippen LogP contribution in [0.1, 0.15) is 23.6 Å². The number of nitrogens with one attached hydrogen (secondary N) is 2. The molecule has 4 aromatic rings. The third-order valence-corrected chi connectivity index (χ3v) is 5.06. The molecule has 0 amide bonds. The highest BCUT2D eigenvalue weighted by Gasteiger charge is 2.31. The second-order valence-corrected chi connectivity index (χ2v) is 7.31. The summed E-state index contributed by atoms with van der Waals surface area (Å²) in [6.45, 7) is 5.91. The Morgan fingerprint density at radius 2 is 2.09 bits per heavy atom. The van der Waals surface area contributed by atoms with E-state index in [4.69, 9.17) is 0 Å². The number of fused-ring (bicyclic) bond motifs is 1. The molecular formula is C24H19F3N8. The smallest absolute Gasteiger partial charge is 0.350 e. The zero-order valence-electron chi connectivity index (χ0n) is 18.5. The lowest BCUT2D eigenvalue weighted by atomic mass is 10.1. The van der Waals surface area contributed by atoms with E-state index in [1.54, 1.807) is 24.3 Å². The molecule has 0 aliphatic carbocycles. The molecule has 0 bridgehead atoms. The first-order valence-corrected chi connectivity index (χ1v) is 10.4. The summed E-state index contributed by atoms with van der Waals surface area (Å²) in [5.41, 5.74) is 1.71. The monoisotopic (exact) mass is 476 g/mol. The lowest BCUT2D eigenvalue weighted by Gasteiger charge is -2.15. The number of rotatable bonds is 7. The fourth-order valence-corrected chi connectivity index (χ4v) is 3.44. The van der Waals surface area contributed by atoms with Crippen LogP contribution < -0.4 is 10.3 Å². The second-order valence-electron chi connectivity index (χ2n) is 7.31. The van der Waals surface area contributed by atoms with Crippen LogP contribution in [-0.2, 0) is 12.7 Å². The Hall–Kier alpha value is -4.72. The van der Waals surface area contributed by atoms with Crippen molar-refractivity contribution in [3.63, 3.8) is 0 Å². The van der Waals surface area contributed by atoms with E-state index < -0.39 is 11.7 Å². The van der Waals surface area contributed by atoms with E-state index >= 15 is 0 Å². The van der Waals surface area contributed by atoms with Gasteiger partial charge in [0.1, 0.15) is 11.7 Å². The third-order valence-electron chi connectivity index (χ3n) is 5.06. The average molecular weight is 476 g/mol. The number of anilines is 2. The minimum atomic E-state index is -4.55. The van der Waals surface area contributed by atoms with Crippen molar-refractivity contribution in [3.05, 3.63) is 78.4 Å². The number of nitrogens with zero attached hydrogens (tertiary/aromatic N) is 6. The Morgan fingerprint density at radius 1 is 1.26 bits per heavy atom. The summed E-state index contributed by atoms with van der Waals surface area (Å²) in [7, 11) is 0. The van der Waals surface area contributed by atoms with Crippen molar-refractivity contribution < 1.29 is 13.2 Å². The number of aromatic nitrogens is 4. The van der Waals surface area contributed by atoms with Gasteiger partial charge in [0.05, 0.1) is 28.7 Å². The molecule has 0 atom stereocenters. The molecule has 0 radical (unpaired) electrons. The molecule has 0 spiro atoms. The molecule has 0 aliphatic heterocycles. The van der Waals surface area contributed by atoms with E-state index in [-0.39, 0.29) is 28.2 Å². The van der Waals surface area contributed by atoms with E-state index in [2.05, 4.69) is 36.9 Å². The second kappa shape index (κ2) is 9.64. The molecule has 0 saturated heterocycles. The van der Waals surface area contributed by atoms with Crippen molar-refractivity contribution in [1.29, 1.82) is 5.26 Å². The first-order valence-electron chi connectivity index (χ1n) is 10.4. The van der Waals surface area contributed by atoms with Gasteiger partial charge < -0.3 is 10.3 Å². The molecule has 0 unspecified atom stereocenters. The Bertz CT molecular complexity index is 1450. The van der Waals surface area contributed by atoms with E-state index in [0.29, 0.717) is 12.1 Å². The standard InChI is InChI=1S/C24H19F3N8/c1-3-33-35(4-2)18-7-5-6-15(8-18)11-31-23-32-12-16(10-28)21(34-23)20-14-30-22-19(20)9-17(13-29-22)24(25,26)27/h3-9,12-14H,2,11H2,1H3,(H,29,30)(H,31,32,34)/b33-3-. The summed E-state index contributed by atoms with van der Waals surface area (Å²) in [5, 5.41) is 18.7. The van der Waals surface area contributed by atoms with Crippen molar-refractivity contribution in [2.24, 2.45) is 5.10 Å². The summed E-state index contributed by atoms with van der Waals surface area (Å²) in [6.07, 6.45) is 2.25. The van der Waals surface area contributed by atoms with Crippen LogP contribution in [0.5, 0.6) is 0 Å². The van der Waals surface area contributed by atoms with Crippen LogP contribution in [-0.4, -0.2) is 26.2 Å². The van der Waals surface area contributed by atoms with Crippen molar-refractivity contribution in [2.45, 2.75) is 19.6 Å². The average Bonchev–Trinajstić information content (AvgIpc) is 3.29. The summed E-state index contributed by atoms with van der Waals surface area (Å²) >= 11 is 0. The molecule has 0 fully saturated rings. The maximum absolute atomic E-state index is 13.2. The first-order chi connectivity index (χ1) is 16.8. The van der Waals surface area contributed by atoms with Gasteiger partial charge in [-0.1, -0.05) is 18.7 Å². The minimum absolute atomic E-state index is 0.120. The Balaban J connectivity index is 1.65. The number of hydrogen-bond donors (Lipinski definition) is 2. The van der Waals surface area contributed by atoms with Crippen LogP contribution >= 0.6 is 0 Å². The molecule has 0 aliphatic rings. The Kier molecular flexibility index (Phi) is 6.46. The normalized spacial score (nSPS) is 11.5. The van der Waals surface area contributed by atoms with Gasteiger partial charge in [0.15, 0.2) is 0 Å². The molecule has 35 heavy (non-hydrogen) atoms. The maximum Gasteiger partial charge on any atom is 0.417 e. The van der Waals surface area contributed by atoms with Crippen LogP contribution in [0.3, 0.4) is 0 Å². The van der Waals surface area contributed by atoms with Crippen LogP contribution in [0, 0.1) is 11.3 Å². The van der Waals surface area contributed by atoms with Gasteiger partial charge in [-0.2, -0.15) is 23.5 Å².